The molecule has 2 saturated heterocycles. The second-order valence-electron chi connectivity index (χ2n) is 6.00. The average molecular weight is 343 g/mol. The Morgan fingerprint density at radius 3 is 2.74 bits per heavy atom. The van der Waals surface area contributed by atoms with Gasteiger partial charge in [0.25, 0.3) is 11.8 Å². The monoisotopic (exact) mass is 342 g/mol. The standard InChI is InChI=1S/C15H16ClFN2O4/c1-15(2)22-11-10(18-13(20)12(11)23-15)14(21)19(3)7-4-5-9(17)8(16)6-7/h4-6,10-12H,1-3H3,(H,18,20)/t10-,11-,12-/m0/s1. The highest BCUT2D eigenvalue weighted by atomic mass is 35.5. The Hall–Kier alpha value is -1.70. The van der Waals surface area contributed by atoms with Crippen molar-refractivity contribution in [2.75, 3.05) is 11.9 Å². The number of halogens is 2. The molecule has 124 valence electrons. The van der Waals surface area contributed by atoms with E-state index in [0.29, 0.717) is 5.69 Å². The van der Waals surface area contributed by atoms with Crippen molar-refractivity contribution in [3.8, 4) is 0 Å². The maximum Gasteiger partial charge on any atom is 0.252 e. The molecule has 0 spiro atoms. The lowest BCUT2D eigenvalue weighted by Gasteiger charge is -2.25. The number of amides is 2. The summed E-state index contributed by atoms with van der Waals surface area (Å²) in [6, 6.07) is 3.08. The number of anilines is 1. The normalized spacial score (nSPS) is 28.4. The molecule has 2 aliphatic heterocycles. The quantitative estimate of drug-likeness (QED) is 0.883. The number of hydrogen-bond donors (Lipinski definition) is 1. The number of carbonyl (C=O) groups is 2. The van der Waals surface area contributed by atoms with E-state index in [0.717, 1.165) is 0 Å². The fourth-order valence-corrected chi connectivity index (χ4v) is 2.96. The SMILES string of the molecule is CN(C(=O)[C@H]1NC(=O)[C@H]2OC(C)(C)O[C@@H]12)c1ccc(F)c(Cl)c1. The molecule has 6 nitrogen and oxygen atoms in total. The van der Waals surface area contributed by atoms with Gasteiger partial charge in [-0.05, 0) is 32.0 Å². The van der Waals surface area contributed by atoms with Gasteiger partial charge in [-0.15, -0.1) is 0 Å². The minimum atomic E-state index is -0.927. The smallest absolute Gasteiger partial charge is 0.252 e. The van der Waals surface area contributed by atoms with Gasteiger partial charge >= 0.3 is 0 Å². The molecule has 1 N–H and O–H groups in total. The van der Waals surface area contributed by atoms with Crippen LogP contribution in [0.25, 0.3) is 0 Å². The maximum atomic E-state index is 13.2. The number of nitrogens with zero attached hydrogens (tertiary/aromatic N) is 1. The third-order valence-corrected chi connectivity index (χ3v) is 4.19. The zero-order valence-corrected chi connectivity index (χ0v) is 13.6. The summed E-state index contributed by atoms with van der Waals surface area (Å²) in [4.78, 5) is 25.9. The van der Waals surface area contributed by atoms with E-state index in [1.165, 1.54) is 30.1 Å². The van der Waals surface area contributed by atoms with Crippen molar-refractivity contribution in [2.24, 2.45) is 0 Å². The van der Waals surface area contributed by atoms with Crippen LogP contribution in [0.15, 0.2) is 18.2 Å². The lowest BCUT2D eigenvalue weighted by atomic mass is 10.1. The van der Waals surface area contributed by atoms with E-state index in [4.69, 9.17) is 21.1 Å². The summed E-state index contributed by atoms with van der Waals surface area (Å²) in [5, 5.41) is 2.50. The number of fused-ring (bicyclic) bond motifs is 1. The van der Waals surface area contributed by atoms with Crippen LogP contribution in [0.5, 0.6) is 0 Å². The second-order valence-corrected chi connectivity index (χ2v) is 6.41. The molecule has 8 heteroatoms. The van der Waals surface area contributed by atoms with Crippen molar-refractivity contribution in [3.05, 3.63) is 29.0 Å². The summed E-state index contributed by atoms with van der Waals surface area (Å²) in [6.45, 7) is 3.37. The van der Waals surface area contributed by atoms with E-state index in [9.17, 15) is 14.0 Å². The molecule has 0 unspecified atom stereocenters. The molecule has 2 heterocycles. The second kappa shape index (κ2) is 5.43. The maximum absolute atomic E-state index is 13.2. The summed E-state index contributed by atoms with van der Waals surface area (Å²) in [6.07, 6.45) is -1.52. The summed E-state index contributed by atoms with van der Waals surface area (Å²) in [5.74, 6) is -2.28. The first kappa shape index (κ1) is 16.2. The molecule has 2 fully saturated rings. The molecule has 1 aromatic rings. The van der Waals surface area contributed by atoms with Crippen molar-refractivity contribution in [3.63, 3.8) is 0 Å². The highest BCUT2D eigenvalue weighted by molar-refractivity contribution is 6.31. The van der Waals surface area contributed by atoms with Gasteiger partial charge in [0.1, 0.15) is 18.0 Å². The molecule has 3 rings (SSSR count). The Balaban J connectivity index is 1.82. The molecular formula is C15H16ClFN2O4. The van der Waals surface area contributed by atoms with Crippen LogP contribution in [0.3, 0.4) is 0 Å². The van der Waals surface area contributed by atoms with Crippen LogP contribution in [0.2, 0.25) is 5.02 Å². The van der Waals surface area contributed by atoms with Crippen molar-refractivity contribution in [1.82, 2.24) is 5.32 Å². The molecule has 1 aromatic carbocycles. The number of hydrogen-bond acceptors (Lipinski definition) is 4. The predicted octanol–water partition coefficient (Wildman–Crippen LogP) is 1.46. The molecule has 0 aromatic heterocycles. The number of ether oxygens (including phenoxy) is 2. The number of likely N-dealkylation sites (N-methyl/N-ethyl adjacent to an activating group) is 1. The summed E-state index contributed by atoms with van der Waals surface area (Å²) in [7, 11) is 1.52. The Morgan fingerprint density at radius 2 is 2.09 bits per heavy atom. The summed E-state index contributed by atoms with van der Waals surface area (Å²) < 4.78 is 24.4. The Kier molecular flexibility index (Phi) is 3.82. The van der Waals surface area contributed by atoms with E-state index < -0.39 is 35.8 Å². The Labute approximate surface area is 137 Å². The van der Waals surface area contributed by atoms with Crippen LogP contribution in [0, 0.1) is 5.82 Å². The molecule has 2 aliphatic rings. The van der Waals surface area contributed by atoms with E-state index in [1.807, 2.05) is 0 Å². The molecule has 3 atom stereocenters. The van der Waals surface area contributed by atoms with Crippen LogP contribution in [0.4, 0.5) is 10.1 Å². The van der Waals surface area contributed by atoms with E-state index in [-0.39, 0.29) is 10.9 Å². The van der Waals surface area contributed by atoms with Gasteiger partial charge < -0.3 is 19.7 Å². The first-order chi connectivity index (χ1) is 10.7. The highest BCUT2D eigenvalue weighted by Gasteiger charge is 2.56. The zero-order valence-electron chi connectivity index (χ0n) is 12.8. The van der Waals surface area contributed by atoms with Crippen LogP contribution in [0.1, 0.15) is 13.8 Å². The van der Waals surface area contributed by atoms with E-state index in [1.54, 1.807) is 13.8 Å². The zero-order chi connectivity index (χ0) is 16.9. The van der Waals surface area contributed by atoms with Crippen molar-refractivity contribution in [1.29, 1.82) is 0 Å². The Bertz CT molecular complexity index is 681. The highest BCUT2D eigenvalue weighted by Crippen LogP contribution is 2.34. The number of carbonyl (C=O) groups excluding carboxylic acids is 2. The number of nitrogens with one attached hydrogen (secondary N) is 1. The molecule has 23 heavy (non-hydrogen) atoms. The van der Waals surface area contributed by atoms with Crippen molar-refractivity contribution in [2.45, 2.75) is 37.9 Å². The molecule has 0 radical (unpaired) electrons. The van der Waals surface area contributed by atoms with Gasteiger partial charge in [-0.25, -0.2) is 4.39 Å². The minimum Gasteiger partial charge on any atom is -0.341 e. The molecule has 0 aliphatic carbocycles. The fourth-order valence-electron chi connectivity index (χ4n) is 2.79. The van der Waals surface area contributed by atoms with Gasteiger partial charge in [0, 0.05) is 12.7 Å². The lowest BCUT2D eigenvalue weighted by Crippen LogP contribution is -2.49. The van der Waals surface area contributed by atoms with E-state index in [2.05, 4.69) is 5.32 Å². The largest absolute Gasteiger partial charge is 0.341 e. The van der Waals surface area contributed by atoms with E-state index >= 15 is 0 Å². The van der Waals surface area contributed by atoms with Gasteiger partial charge in [0.05, 0.1) is 5.02 Å². The van der Waals surface area contributed by atoms with Gasteiger partial charge in [-0.3, -0.25) is 9.59 Å². The molecule has 0 bridgehead atoms. The average Bonchev–Trinajstić information content (AvgIpc) is 2.95. The lowest BCUT2D eigenvalue weighted by molar-refractivity contribution is -0.164. The Morgan fingerprint density at radius 1 is 1.39 bits per heavy atom. The topological polar surface area (TPSA) is 67.9 Å². The van der Waals surface area contributed by atoms with Crippen LogP contribution in [-0.4, -0.2) is 42.9 Å². The van der Waals surface area contributed by atoms with Gasteiger partial charge in [0.15, 0.2) is 11.9 Å². The van der Waals surface area contributed by atoms with Gasteiger partial charge in [0.2, 0.25) is 0 Å². The number of benzene rings is 1. The van der Waals surface area contributed by atoms with Gasteiger partial charge in [-0.1, -0.05) is 11.6 Å². The van der Waals surface area contributed by atoms with Crippen LogP contribution in [-0.2, 0) is 19.1 Å². The first-order valence-corrected chi connectivity index (χ1v) is 7.46. The van der Waals surface area contributed by atoms with Crippen LogP contribution < -0.4 is 10.2 Å². The minimum absolute atomic E-state index is 0.0860. The first-order valence-electron chi connectivity index (χ1n) is 7.08. The number of rotatable bonds is 2. The summed E-state index contributed by atoms with van der Waals surface area (Å²) >= 11 is 5.74. The van der Waals surface area contributed by atoms with Gasteiger partial charge in [-0.2, -0.15) is 0 Å². The third-order valence-electron chi connectivity index (χ3n) is 3.90. The molecule has 2 amide bonds. The molecular weight excluding hydrogens is 327 g/mol. The van der Waals surface area contributed by atoms with Crippen molar-refractivity contribution < 1.29 is 23.5 Å². The predicted molar refractivity (Wildman–Crippen MR) is 80.6 cm³/mol. The molecule has 0 saturated carbocycles. The fraction of sp³-hybridized carbons (Fsp3) is 0.467. The summed E-state index contributed by atoms with van der Waals surface area (Å²) in [5.41, 5.74) is 0.414. The van der Waals surface area contributed by atoms with Crippen molar-refractivity contribution >= 4 is 29.1 Å². The third kappa shape index (κ3) is 2.80. The van der Waals surface area contributed by atoms with Crippen LogP contribution >= 0.6 is 11.6 Å².